The van der Waals surface area contributed by atoms with Gasteiger partial charge in [0.1, 0.15) is 4.34 Å². The Morgan fingerprint density at radius 1 is 1.34 bits per heavy atom. The van der Waals surface area contributed by atoms with Crippen LogP contribution in [0.5, 0.6) is 0 Å². The topological polar surface area (TPSA) is 53.0 Å². The van der Waals surface area contributed by atoms with E-state index in [4.69, 9.17) is 4.74 Å². The van der Waals surface area contributed by atoms with Gasteiger partial charge in [0.2, 0.25) is 0 Å². The van der Waals surface area contributed by atoms with Crippen molar-refractivity contribution >= 4 is 29.1 Å². The molecule has 2 atom stereocenters. The number of hydrogen-bond acceptors (Lipinski definition) is 6. The lowest BCUT2D eigenvalue weighted by atomic mass is 10.1. The van der Waals surface area contributed by atoms with Crippen LogP contribution in [0.2, 0.25) is 0 Å². The molecule has 1 N–H and O–H groups in total. The number of aliphatic imine (C=N–C) groups is 1. The van der Waals surface area contributed by atoms with Gasteiger partial charge in [-0.1, -0.05) is 42.1 Å². The normalized spacial score (nSPS) is 22.7. The summed E-state index contributed by atoms with van der Waals surface area (Å²) < 4.78 is 7.25. The Morgan fingerprint density at radius 3 is 3.03 bits per heavy atom. The summed E-state index contributed by atoms with van der Waals surface area (Å²) >= 11 is 3.53. The second kappa shape index (κ2) is 10.4. The summed E-state index contributed by atoms with van der Waals surface area (Å²) in [6.45, 7) is 5.57. The Bertz CT molecular complexity index is 771. The van der Waals surface area contributed by atoms with Crippen LogP contribution in [0.4, 0.5) is 0 Å². The van der Waals surface area contributed by atoms with Crippen molar-refractivity contribution in [1.82, 2.24) is 20.1 Å². The predicted octanol–water partition coefficient (Wildman–Crippen LogP) is 2.79. The number of thiazole rings is 1. The number of nitrogens with one attached hydrogen (secondary N) is 1. The van der Waals surface area contributed by atoms with Gasteiger partial charge in [0.15, 0.2) is 5.96 Å². The molecule has 4 rings (SSSR count). The quantitative estimate of drug-likeness (QED) is 0.315. The number of ether oxygens (including phenoxy) is 1. The van der Waals surface area contributed by atoms with Crippen LogP contribution in [0.25, 0.3) is 0 Å². The highest BCUT2D eigenvalue weighted by atomic mass is 32.2. The van der Waals surface area contributed by atoms with Gasteiger partial charge in [-0.2, -0.15) is 0 Å². The minimum Gasteiger partial charge on any atom is -0.373 e. The Balaban J connectivity index is 1.26. The highest BCUT2D eigenvalue weighted by Gasteiger charge is 2.41. The van der Waals surface area contributed by atoms with Crippen molar-refractivity contribution in [2.24, 2.45) is 4.99 Å². The number of morpholine rings is 1. The fraction of sp³-hybridized carbons (Fsp3) is 0.524. The summed E-state index contributed by atoms with van der Waals surface area (Å²) in [5.41, 5.74) is 1.37. The van der Waals surface area contributed by atoms with Crippen molar-refractivity contribution in [3.05, 3.63) is 47.5 Å². The molecule has 1 aromatic heterocycles. The molecule has 1 aromatic carbocycles. The molecule has 8 heteroatoms. The number of nitrogens with zero attached hydrogens (tertiary/aromatic N) is 4. The molecule has 156 valence electrons. The van der Waals surface area contributed by atoms with Crippen molar-refractivity contribution in [2.75, 3.05) is 45.6 Å². The number of benzene rings is 1. The Labute approximate surface area is 181 Å². The molecule has 2 saturated heterocycles. The molecule has 2 unspecified atom stereocenters. The fourth-order valence-corrected chi connectivity index (χ4v) is 5.64. The summed E-state index contributed by atoms with van der Waals surface area (Å²) in [5.74, 6) is 2.05. The molecule has 0 radical (unpaired) electrons. The number of likely N-dealkylation sites (tertiary alicyclic amines) is 1. The first-order valence-electron chi connectivity index (χ1n) is 10.2. The summed E-state index contributed by atoms with van der Waals surface area (Å²) in [4.78, 5) is 13.8. The number of aromatic nitrogens is 1. The Morgan fingerprint density at radius 2 is 2.24 bits per heavy atom. The molecule has 2 aromatic rings. The van der Waals surface area contributed by atoms with Gasteiger partial charge in [-0.3, -0.25) is 9.89 Å². The summed E-state index contributed by atoms with van der Waals surface area (Å²) in [7, 11) is 1.87. The molecule has 0 aliphatic carbocycles. The van der Waals surface area contributed by atoms with Crippen molar-refractivity contribution in [3.63, 3.8) is 0 Å². The zero-order valence-corrected chi connectivity index (χ0v) is 18.5. The second-order valence-electron chi connectivity index (χ2n) is 7.31. The van der Waals surface area contributed by atoms with Gasteiger partial charge in [0.25, 0.3) is 0 Å². The van der Waals surface area contributed by atoms with Gasteiger partial charge < -0.3 is 15.0 Å². The van der Waals surface area contributed by atoms with Gasteiger partial charge >= 0.3 is 0 Å². The monoisotopic (exact) mass is 431 g/mol. The Hall–Kier alpha value is -1.61. The molecule has 2 fully saturated rings. The lowest BCUT2D eigenvalue weighted by Crippen LogP contribution is -2.50. The highest BCUT2D eigenvalue weighted by Crippen LogP contribution is 2.25. The van der Waals surface area contributed by atoms with Crippen LogP contribution in [0.3, 0.4) is 0 Å². The number of rotatable bonds is 7. The van der Waals surface area contributed by atoms with E-state index in [1.807, 2.05) is 30.4 Å². The molecular formula is C21H29N5OS2. The van der Waals surface area contributed by atoms with E-state index in [-0.39, 0.29) is 6.10 Å². The van der Waals surface area contributed by atoms with Crippen molar-refractivity contribution in [3.8, 4) is 0 Å². The summed E-state index contributed by atoms with van der Waals surface area (Å²) in [6.07, 6.45) is 3.20. The van der Waals surface area contributed by atoms with E-state index in [0.29, 0.717) is 6.04 Å². The molecule has 2 aliphatic heterocycles. The minimum absolute atomic E-state index is 0.256. The fourth-order valence-electron chi connectivity index (χ4n) is 3.99. The summed E-state index contributed by atoms with van der Waals surface area (Å²) in [5, 5.41) is 5.56. The maximum Gasteiger partial charge on any atom is 0.193 e. The SMILES string of the molecule is CN=C(NCCCSc1nccs1)N1CC2OCCN(Cc3ccccc3)C2C1. The van der Waals surface area contributed by atoms with Crippen molar-refractivity contribution in [2.45, 2.75) is 29.5 Å². The molecule has 6 nitrogen and oxygen atoms in total. The van der Waals surface area contributed by atoms with Crippen LogP contribution in [-0.4, -0.2) is 78.5 Å². The van der Waals surface area contributed by atoms with Crippen molar-refractivity contribution < 1.29 is 4.74 Å². The van der Waals surface area contributed by atoms with E-state index in [0.717, 1.165) is 61.8 Å². The minimum atomic E-state index is 0.256. The van der Waals surface area contributed by atoms with Crippen LogP contribution < -0.4 is 5.32 Å². The molecule has 0 saturated carbocycles. The van der Waals surface area contributed by atoms with E-state index in [9.17, 15) is 0 Å². The zero-order chi connectivity index (χ0) is 19.9. The van der Waals surface area contributed by atoms with E-state index in [1.54, 1.807) is 11.3 Å². The summed E-state index contributed by atoms with van der Waals surface area (Å²) in [6, 6.07) is 11.2. The van der Waals surface area contributed by atoms with Gasteiger partial charge in [0, 0.05) is 57.1 Å². The first-order chi connectivity index (χ1) is 14.3. The highest BCUT2D eigenvalue weighted by molar-refractivity contribution is 8.00. The maximum absolute atomic E-state index is 6.10. The Kier molecular flexibility index (Phi) is 7.43. The molecular weight excluding hydrogens is 402 g/mol. The molecule has 0 bridgehead atoms. The lowest BCUT2D eigenvalue weighted by Gasteiger charge is -2.36. The van der Waals surface area contributed by atoms with Gasteiger partial charge in [-0.25, -0.2) is 4.98 Å². The van der Waals surface area contributed by atoms with Gasteiger partial charge in [-0.05, 0) is 12.0 Å². The third-order valence-electron chi connectivity index (χ3n) is 5.40. The standard InChI is InChI=1S/C21H29N5OS2/c1-22-20(23-8-5-12-28-21-24-9-13-29-21)26-15-18-19(16-26)27-11-10-25(18)14-17-6-3-2-4-7-17/h2-4,6-7,9,13,18-19H,5,8,10-12,14-16H2,1H3,(H,22,23). The number of thioether (sulfide) groups is 1. The molecule has 2 aliphatic rings. The van der Waals surface area contributed by atoms with Crippen LogP contribution in [-0.2, 0) is 11.3 Å². The van der Waals surface area contributed by atoms with E-state index in [2.05, 4.69) is 55.4 Å². The van der Waals surface area contributed by atoms with Gasteiger partial charge in [-0.15, -0.1) is 11.3 Å². The average molecular weight is 432 g/mol. The van der Waals surface area contributed by atoms with Gasteiger partial charge in [0.05, 0.1) is 18.8 Å². The van der Waals surface area contributed by atoms with Crippen LogP contribution in [0.15, 0.2) is 51.2 Å². The van der Waals surface area contributed by atoms with Crippen LogP contribution in [0.1, 0.15) is 12.0 Å². The largest absolute Gasteiger partial charge is 0.373 e. The maximum atomic E-state index is 6.10. The first kappa shape index (κ1) is 20.7. The van der Waals surface area contributed by atoms with E-state index < -0.39 is 0 Å². The van der Waals surface area contributed by atoms with Crippen LogP contribution >= 0.6 is 23.1 Å². The molecule has 29 heavy (non-hydrogen) atoms. The predicted molar refractivity (Wildman–Crippen MR) is 121 cm³/mol. The number of guanidine groups is 1. The third-order valence-corrected chi connectivity index (χ3v) is 7.45. The molecule has 0 amide bonds. The van der Waals surface area contributed by atoms with Crippen LogP contribution in [0, 0.1) is 0 Å². The molecule has 0 spiro atoms. The first-order valence-corrected chi connectivity index (χ1v) is 12.1. The number of fused-ring (bicyclic) bond motifs is 1. The van der Waals surface area contributed by atoms with E-state index >= 15 is 0 Å². The van der Waals surface area contributed by atoms with E-state index in [1.165, 1.54) is 5.56 Å². The average Bonchev–Trinajstić information content (AvgIpc) is 3.42. The second-order valence-corrected chi connectivity index (χ2v) is 9.55. The smallest absolute Gasteiger partial charge is 0.193 e. The van der Waals surface area contributed by atoms with Crippen molar-refractivity contribution in [1.29, 1.82) is 0 Å². The molecule has 3 heterocycles. The third kappa shape index (κ3) is 5.51. The zero-order valence-electron chi connectivity index (χ0n) is 16.9. The lowest BCUT2D eigenvalue weighted by molar-refractivity contribution is -0.0502. The number of hydrogen-bond donors (Lipinski definition) is 1.